The summed E-state index contributed by atoms with van der Waals surface area (Å²) in [4.78, 5) is 5.21. The summed E-state index contributed by atoms with van der Waals surface area (Å²) in [6.07, 6.45) is 5.00. The van der Waals surface area contributed by atoms with Gasteiger partial charge in [0.1, 0.15) is 0 Å². The van der Waals surface area contributed by atoms with Crippen LogP contribution in [-0.4, -0.2) is 49.3 Å². The van der Waals surface area contributed by atoms with Gasteiger partial charge in [-0.3, -0.25) is 4.90 Å². The van der Waals surface area contributed by atoms with Crippen LogP contribution < -0.4 is 4.90 Å². The second kappa shape index (κ2) is 4.80. The first kappa shape index (κ1) is 11.7. The van der Waals surface area contributed by atoms with Crippen LogP contribution >= 0.6 is 0 Å². The minimum Gasteiger partial charge on any atom is -0.372 e. The molecule has 102 valence electrons. The zero-order valence-electron chi connectivity index (χ0n) is 11.4. The number of hydrogen-bond donors (Lipinski definition) is 0. The van der Waals surface area contributed by atoms with Crippen LogP contribution in [0.4, 0.5) is 5.69 Å². The Morgan fingerprint density at radius 2 is 1.58 bits per heavy atom. The van der Waals surface area contributed by atoms with E-state index in [1.165, 1.54) is 51.1 Å². The molecule has 1 aromatic carbocycles. The van der Waals surface area contributed by atoms with E-state index in [9.17, 15) is 0 Å². The fourth-order valence-corrected chi connectivity index (χ4v) is 3.81. The lowest BCUT2D eigenvalue weighted by atomic mass is 9.94. The highest BCUT2D eigenvalue weighted by Crippen LogP contribution is 2.31. The van der Waals surface area contributed by atoms with Crippen LogP contribution in [0.25, 0.3) is 0 Å². The first-order chi connectivity index (χ1) is 9.38. The van der Waals surface area contributed by atoms with Crippen molar-refractivity contribution in [2.24, 2.45) is 0 Å². The van der Waals surface area contributed by atoms with Crippen LogP contribution in [0.15, 0.2) is 30.3 Å². The van der Waals surface area contributed by atoms with Gasteiger partial charge in [0.25, 0.3) is 0 Å². The first-order valence-corrected chi connectivity index (χ1v) is 7.58. The van der Waals surface area contributed by atoms with Gasteiger partial charge >= 0.3 is 0 Å². The molecule has 4 saturated heterocycles. The van der Waals surface area contributed by atoms with Gasteiger partial charge in [-0.25, -0.2) is 0 Å². The molecule has 19 heavy (non-hydrogen) atoms. The predicted octanol–water partition coefficient (Wildman–Crippen LogP) is 2.13. The molecule has 0 aromatic heterocycles. The maximum absolute atomic E-state index is 5.73. The average molecular weight is 258 g/mol. The Balaban J connectivity index is 1.35. The van der Waals surface area contributed by atoms with E-state index in [0.29, 0.717) is 12.2 Å². The molecule has 2 unspecified atom stereocenters. The monoisotopic (exact) mass is 258 g/mol. The molecular weight excluding hydrogens is 236 g/mol. The number of rotatable bonds is 2. The van der Waals surface area contributed by atoms with Gasteiger partial charge in [-0.15, -0.1) is 0 Å². The van der Waals surface area contributed by atoms with E-state index in [4.69, 9.17) is 4.74 Å². The summed E-state index contributed by atoms with van der Waals surface area (Å²) in [5.41, 5.74) is 1.38. The molecule has 3 nitrogen and oxygen atoms in total. The second-order valence-electron chi connectivity index (χ2n) is 6.12. The molecule has 4 aliphatic heterocycles. The van der Waals surface area contributed by atoms with Crippen molar-refractivity contribution in [1.82, 2.24) is 4.90 Å². The predicted molar refractivity (Wildman–Crippen MR) is 76.5 cm³/mol. The minimum atomic E-state index is 0.547. The summed E-state index contributed by atoms with van der Waals surface area (Å²) in [7, 11) is 0. The number of fused-ring (bicyclic) bond motifs is 2. The largest absolute Gasteiger partial charge is 0.372 e. The van der Waals surface area contributed by atoms with Gasteiger partial charge in [0.15, 0.2) is 0 Å². The van der Waals surface area contributed by atoms with Gasteiger partial charge in [-0.2, -0.15) is 0 Å². The highest BCUT2D eigenvalue weighted by Gasteiger charge is 2.40. The average Bonchev–Trinajstić information content (AvgIpc) is 2.48. The van der Waals surface area contributed by atoms with E-state index in [1.54, 1.807) is 0 Å². The lowest BCUT2D eigenvalue weighted by molar-refractivity contribution is -0.189. The number of ether oxygens (including phenoxy) is 1. The zero-order chi connectivity index (χ0) is 12.7. The van der Waals surface area contributed by atoms with Crippen molar-refractivity contribution in [2.45, 2.75) is 37.5 Å². The molecule has 4 fully saturated rings. The van der Waals surface area contributed by atoms with Crippen LogP contribution in [0.1, 0.15) is 19.3 Å². The Bertz CT molecular complexity index is 412. The molecule has 0 radical (unpaired) electrons. The zero-order valence-corrected chi connectivity index (χ0v) is 11.4. The third-order valence-corrected chi connectivity index (χ3v) is 4.89. The molecular formula is C16H22N2O. The van der Waals surface area contributed by atoms with Gasteiger partial charge in [0.05, 0.1) is 12.2 Å². The van der Waals surface area contributed by atoms with Gasteiger partial charge in [-0.1, -0.05) is 18.2 Å². The van der Waals surface area contributed by atoms with Crippen molar-refractivity contribution in [2.75, 3.05) is 31.1 Å². The number of para-hydroxylation sites is 1. The molecule has 2 atom stereocenters. The summed E-state index contributed by atoms with van der Waals surface area (Å²) < 4.78 is 5.73. The van der Waals surface area contributed by atoms with Gasteiger partial charge in [-0.05, 0) is 25.0 Å². The van der Waals surface area contributed by atoms with E-state index in [-0.39, 0.29) is 0 Å². The van der Waals surface area contributed by atoms with E-state index in [1.807, 2.05) is 0 Å². The van der Waals surface area contributed by atoms with Crippen LogP contribution in [0.5, 0.6) is 0 Å². The molecule has 0 aliphatic carbocycles. The van der Waals surface area contributed by atoms with E-state index in [0.717, 1.165) is 6.04 Å². The summed E-state index contributed by atoms with van der Waals surface area (Å²) >= 11 is 0. The summed E-state index contributed by atoms with van der Waals surface area (Å²) in [5, 5.41) is 0. The molecule has 0 amide bonds. The minimum absolute atomic E-state index is 0.547. The standard InChI is InChI=1S/C16H22N2O/c1-2-4-13(5-3-1)17-8-6-14(7-9-17)18-11-15-10-16(12-18)19-15/h1-5,14-16H,6-12H2. The van der Waals surface area contributed by atoms with Crippen molar-refractivity contribution in [3.63, 3.8) is 0 Å². The SMILES string of the molecule is c1ccc(N2CCC(N3CC4CC(C3)O4)CC2)cc1. The number of morpholine rings is 1. The molecule has 4 heterocycles. The van der Waals surface area contributed by atoms with Crippen molar-refractivity contribution >= 4 is 5.69 Å². The normalized spacial score (nSPS) is 32.1. The lowest BCUT2D eigenvalue weighted by Gasteiger charge is -2.51. The number of piperidine rings is 2. The molecule has 3 heteroatoms. The Labute approximate surface area is 115 Å². The quantitative estimate of drug-likeness (QED) is 0.808. The smallest absolute Gasteiger partial charge is 0.0731 e. The Hall–Kier alpha value is -1.06. The van der Waals surface area contributed by atoms with E-state index < -0.39 is 0 Å². The topological polar surface area (TPSA) is 15.7 Å². The van der Waals surface area contributed by atoms with Crippen LogP contribution in [-0.2, 0) is 4.74 Å². The highest BCUT2D eigenvalue weighted by molar-refractivity contribution is 5.46. The highest BCUT2D eigenvalue weighted by atomic mass is 16.5. The van der Waals surface area contributed by atoms with Crippen molar-refractivity contribution in [3.8, 4) is 0 Å². The third kappa shape index (κ3) is 2.26. The van der Waals surface area contributed by atoms with Crippen LogP contribution in [0.2, 0.25) is 0 Å². The molecule has 2 bridgehead atoms. The molecule has 4 aliphatic rings. The Morgan fingerprint density at radius 3 is 2.21 bits per heavy atom. The van der Waals surface area contributed by atoms with Gasteiger partial charge < -0.3 is 9.64 Å². The maximum Gasteiger partial charge on any atom is 0.0731 e. The Morgan fingerprint density at radius 1 is 0.947 bits per heavy atom. The molecule has 5 rings (SSSR count). The third-order valence-electron chi connectivity index (χ3n) is 4.89. The number of hydrogen-bond acceptors (Lipinski definition) is 3. The van der Waals surface area contributed by atoms with E-state index in [2.05, 4.69) is 40.1 Å². The second-order valence-corrected chi connectivity index (χ2v) is 6.12. The van der Waals surface area contributed by atoms with Gasteiger partial charge in [0, 0.05) is 44.3 Å². The van der Waals surface area contributed by atoms with Crippen molar-refractivity contribution in [1.29, 1.82) is 0 Å². The molecule has 0 spiro atoms. The van der Waals surface area contributed by atoms with Crippen LogP contribution in [0.3, 0.4) is 0 Å². The first-order valence-electron chi connectivity index (χ1n) is 7.58. The van der Waals surface area contributed by atoms with E-state index >= 15 is 0 Å². The summed E-state index contributed by atoms with van der Waals surface area (Å²) in [5.74, 6) is 0. The lowest BCUT2D eigenvalue weighted by Crippen LogP contribution is -2.61. The molecule has 0 N–H and O–H groups in total. The fraction of sp³-hybridized carbons (Fsp3) is 0.625. The van der Waals surface area contributed by atoms with Gasteiger partial charge in [0.2, 0.25) is 0 Å². The van der Waals surface area contributed by atoms with Crippen molar-refractivity contribution in [3.05, 3.63) is 30.3 Å². The Kier molecular flexibility index (Phi) is 2.97. The molecule has 0 saturated carbocycles. The summed E-state index contributed by atoms with van der Waals surface area (Å²) in [6, 6.07) is 11.6. The molecule has 1 aromatic rings. The maximum atomic E-state index is 5.73. The summed E-state index contributed by atoms with van der Waals surface area (Å²) in [6.45, 7) is 4.74. The number of anilines is 1. The number of benzene rings is 1. The fourth-order valence-electron chi connectivity index (χ4n) is 3.81. The number of nitrogens with zero attached hydrogens (tertiary/aromatic N) is 2. The van der Waals surface area contributed by atoms with Crippen LogP contribution in [0, 0.1) is 0 Å². The van der Waals surface area contributed by atoms with Crippen molar-refractivity contribution < 1.29 is 4.74 Å².